The van der Waals surface area contributed by atoms with Gasteiger partial charge in [0.2, 0.25) is 0 Å². The van der Waals surface area contributed by atoms with Gasteiger partial charge in [-0.15, -0.1) is 0 Å². The van der Waals surface area contributed by atoms with Crippen LogP contribution in [-0.2, 0) is 0 Å². The Kier molecular flexibility index (Phi) is 4.94. The lowest BCUT2D eigenvalue weighted by Gasteiger charge is -2.06. The molecule has 0 saturated heterocycles. The molecule has 0 amide bonds. The molecule has 0 spiro atoms. The van der Waals surface area contributed by atoms with Crippen molar-refractivity contribution in [2.75, 3.05) is 5.43 Å². The molecule has 0 fully saturated rings. The molecule has 1 N–H and O–H groups in total. The van der Waals surface area contributed by atoms with Crippen molar-refractivity contribution in [1.82, 2.24) is 0 Å². The van der Waals surface area contributed by atoms with Crippen molar-refractivity contribution in [3.8, 4) is 0 Å². The molecule has 2 rings (SSSR count). The molecule has 19 heavy (non-hydrogen) atoms. The van der Waals surface area contributed by atoms with Crippen LogP contribution in [0.4, 0.5) is 5.69 Å². The zero-order valence-corrected chi connectivity index (χ0v) is 12.5. The summed E-state index contributed by atoms with van der Waals surface area (Å²) in [6.45, 7) is 0. The number of nitrogens with zero attached hydrogens (tertiary/aromatic N) is 1. The van der Waals surface area contributed by atoms with Gasteiger partial charge in [0.15, 0.2) is 0 Å². The van der Waals surface area contributed by atoms with Gasteiger partial charge in [0.25, 0.3) is 0 Å². The van der Waals surface area contributed by atoms with E-state index in [1.807, 2.05) is 12.1 Å². The van der Waals surface area contributed by atoms with E-state index in [0.717, 1.165) is 5.56 Å². The Morgan fingerprint density at radius 2 is 1.42 bits per heavy atom. The lowest BCUT2D eigenvalue weighted by atomic mass is 10.2. The fourth-order valence-corrected chi connectivity index (χ4v) is 2.40. The number of nitrogens with one attached hydrogen (secondary N) is 1. The highest BCUT2D eigenvalue weighted by molar-refractivity contribution is 6.41. The molecule has 0 heterocycles. The summed E-state index contributed by atoms with van der Waals surface area (Å²) in [5.41, 5.74) is 4.20. The standard InChI is InChI=1S/C13H8Cl4N2/c14-9-3-1-8(2-4-9)7-18-19-13-11(16)5-10(15)6-12(13)17/h1-7,19H/b18-7-. The second-order valence-electron chi connectivity index (χ2n) is 3.67. The maximum Gasteiger partial charge on any atom is 0.0935 e. The first-order valence-electron chi connectivity index (χ1n) is 5.25. The van der Waals surface area contributed by atoms with Crippen LogP contribution in [0.3, 0.4) is 0 Å². The van der Waals surface area contributed by atoms with Crippen LogP contribution in [0.1, 0.15) is 5.56 Å². The number of rotatable bonds is 3. The van der Waals surface area contributed by atoms with Crippen molar-refractivity contribution in [3.63, 3.8) is 0 Å². The van der Waals surface area contributed by atoms with E-state index >= 15 is 0 Å². The molecule has 98 valence electrons. The van der Waals surface area contributed by atoms with Crippen molar-refractivity contribution < 1.29 is 0 Å². The Morgan fingerprint density at radius 1 is 0.842 bits per heavy atom. The first-order valence-corrected chi connectivity index (χ1v) is 6.76. The second kappa shape index (κ2) is 6.49. The Balaban J connectivity index is 2.12. The maximum atomic E-state index is 6.01. The van der Waals surface area contributed by atoms with Gasteiger partial charge in [0, 0.05) is 10.0 Å². The Labute approximate surface area is 130 Å². The zero-order valence-electron chi connectivity index (χ0n) is 9.50. The number of hydrogen-bond acceptors (Lipinski definition) is 2. The molecule has 0 aliphatic heterocycles. The molecule has 0 aliphatic carbocycles. The summed E-state index contributed by atoms with van der Waals surface area (Å²) in [5.74, 6) is 0. The van der Waals surface area contributed by atoms with E-state index in [9.17, 15) is 0 Å². The minimum absolute atomic E-state index is 0.408. The summed E-state index contributed by atoms with van der Waals surface area (Å²) < 4.78 is 0. The van der Waals surface area contributed by atoms with E-state index in [4.69, 9.17) is 46.4 Å². The quantitative estimate of drug-likeness (QED) is 0.561. The van der Waals surface area contributed by atoms with E-state index in [-0.39, 0.29) is 0 Å². The highest BCUT2D eigenvalue weighted by Crippen LogP contribution is 2.33. The predicted molar refractivity (Wildman–Crippen MR) is 84.1 cm³/mol. The van der Waals surface area contributed by atoms with Crippen molar-refractivity contribution in [3.05, 3.63) is 62.1 Å². The molecule has 0 aromatic heterocycles. The fourth-order valence-electron chi connectivity index (χ4n) is 1.37. The van der Waals surface area contributed by atoms with Crippen LogP contribution in [0.15, 0.2) is 41.5 Å². The van der Waals surface area contributed by atoms with Crippen LogP contribution in [-0.4, -0.2) is 6.21 Å². The van der Waals surface area contributed by atoms with Gasteiger partial charge in [-0.1, -0.05) is 58.5 Å². The third-order valence-corrected chi connectivity index (χ3v) is 3.33. The highest BCUT2D eigenvalue weighted by atomic mass is 35.5. The molecular weight excluding hydrogens is 326 g/mol. The molecule has 2 nitrogen and oxygen atoms in total. The summed E-state index contributed by atoms with van der Waals surface area (Å²) in [6, 6.07) is 10.4. The number of halogens is 4. The van der Waals surface area contributed by atoms with Crippen LogP contribution in [0, 0.1) is 0 Å². The van der Waals surface area contributed by atoms with Gasteiger partial charge in [-0.3, -0.25) is 5.43 Å². The number of benzene rings is 2. The molecule has 0 unspecified atom stereocenters. The third kappa shape index (κ3) is 4.02. The molecule has 2 aromatic rings. The van der Waals surface area contributed by atoms with E-state index in [0.29, 0.717) is 25.8 Å². The summed E-state index contributed by atoms with van der Waals surface area (Å²) in [6.07, 6.45) is 1.64. The van der Waals surface area contributed by atoms with E-state index in [1.54, 1.807) is 30.5 Å². The van der Waals surface area contributed by atoms with Gasteiger partial charge in [0.05, 0.1) is 21.9 Å². The van der Waals surface area contributed by atoms with Crippen molar-refractivity contribution in [2.24, 2.45) is 5.10 Å². The van der Waals surface area contributed by atoms with Gasteiger partial charge >= 0.3 is 0 Å². The molecule has 6 heteroatoms. The summed E-state index contributed by atoms with van der Waals surface area (Å²) in [7, 11) is 0. The average molecular weight is 334 g/mol. The highest BCUT2D eigenvalue weighted by Gasteiger charge is 2.06. The van der Waals surface area contributed by atoms with Gasteiger partial charge in [-0.05, 0) is 29.8 Å². The van der Waals surface area contributed by atoms with Crippen LogP contribution < -0.4 is 5.43 Å². The van der Waals surface area contributed by atoms with Gasteiger partial charge in [0.1, 0.15) is 0 Å². The Morgan fingerprint density at radius 3 is 2.00 bits per heavy atom. The van der Waals surface area contributed by atoms with Gasteiger partial charge in [-0.25, -0.2) is 0 Å². The van der Waals surface area contributed by atoms with Crippen molar-refractivity contribution in [1.29, 1.82) is 0 Å². The number of anilines is 1. The lowest BCUT2D eigenvalue weighted by Crippen LogP contribution is -1.92. The summed E-state index contributed by atoms with van der Waals surface area (Å²) in [5, 5.41) is 6.03. The van der Waals surface area contributed by atoms with E-state index < -0.39 is 0 Å². The van der Waals surface area contributed by atoms with E-state index in [1.165, 1.54) is 0 Å². The molecule has 0 atom stereocenters. The molecule has 0 aliphatic rings. The van der Waals surface area contributed by atoms with Crippen LogP contribution in [0.25, 0.3) is 0 Å². The second-order valence-corrected chi connectivity index (χ2v) is 5.35. The molecule has 0 bridgehead atoms. The Bertz CT molecular complexity index is 586. The zero-order chi connectivity index (χ0) is 13.8. The van der Waals surface area contributed by atoms with Crippen LogP contribution in [0.2, 0.25) is 20.1 Å². The summed E-state index contributed by atoms with van der Waals surface area (Å²) >= 11 is 23.6. The van der Waals surface area contributed by atoms with Gasteiger partial charge in [-0.2, -0.15) is 5.10 Å². The first kappa shape index (κ1) is 14.5. The molecular formula is C13H8Cl4N2. The molecule has 0 saturated carbocycles. The molecule has 2 aromatic carbocycles. The maximum absolute atomic E-state index is 6.01. The van der Waals surface area contributed by atoms with Crippen LogP contribution in [0.5, 0.6) is 0 Å². The monoisotopic (exact) mass is 332 g/mol. The predicted octanol–water partition coefficient (Wildman–Crippen LogP) is 5.75. The minimum Gasteiger partial charge on any atom is -0.275 e. The fraction of sp³-hybridized carbons (Fsp3) is 0. The van der Waals surface area contributed by atoms with E-state index in [2.05, 4.69) is 10.5 Å². The lowest BCUT2D eigenvalue weighted by molar-refractivity contribution is 1.35. The number of hydrogen-bond donors (Lipinski definition) is 1. The smallest absolute Gasteiger partial charge is 0.0935 e. The average Bonchev–Trinajstić information content (AvgIpc) is 2.34. The van der Waals surface area contributed by atoms with Crippen molar-refractivity contribution >= 4 is 58.3 Å². The van der Waals surface area contributed by atoms with Gasteiger partial charge < -0.3 is 0 Å². The minimum atomic E-state index is 0.408. The number of hydrazone groups is 1. The van der Waals surface area contributed by atoms with Crippen LogP contribution >= 0.6 is 46.4 Å². The third-order valence-electron chi connectivity index (χ3n) is 2.27. The van der Waals surface area contributed by atoms with Crippen molar-refractivity contribution in [2.45, 2.75) is 0 Å². The topological polar surface area (TPSA) is 24.4 Å². The first-order chi connectivity index (χ1) is 9.06. The largest absolute Gasteiger partial charge is 0.275 e. The SMILES string of the molecule is Clc1ccc(/C=N\Nc2c(Cl)cc(Cl)cc2Cl)cc1. The summed E-state index contributed by atoms with van der Waals surface area (Å²) in [4.78, 5) is 0. The Hall–Kier alpha value is -0.930. The molecule has 0 radical (unpaired) electrons. The normalized spacial score (nSPS) is 10.9.